The highest BCUT2D eigenvalue weighted by molar-refractivity contribution is 7.93. The summed E-state index contributed by atoms with van der Waals surface area (Å²) in [4.78, 5) is 26.1. The first-order chi connectivity index (χ1) is 14.8. The quantitative estimate of drug-likeness (QED) is 0.529. The van der Waals surface area contributed by atoms with Crippen molar-refractivity contribution < 1.29 is 13.2 Å². The number of benzene rings is 3. The Bertz CT molecular complexity index is 1530. The predicted octanol–water partition coefficient (Wildman–Crippen LogP) is 2.11. The highest BCUT2D eigenvalue weighted by Crippen LogP contribution is 2.39. The Kier molecular flexibility index (Phi) is 4.02. The first-order valence-corrected chi connectivity index (χ1v) is 10.8. The molecule has 9 nitrogen and oxygen atoms in total. The fourth-order valence-electron chi connectivity index (χ4n) is 3.78. The van der Waals surface area contributed by atoms with Crippen molar-refractivity contribution in [3.63, 3.8) is 0 Å². The number of sulfonamides is 1. The minimum atomic E-state index is -3.93. The zero-order valence-electron chi connectivity index (χ0n) is 16.6. The molecular weight excluding hydrogens is 418 g/mol. The van der Waals surface area contributed by atoms with Gasteiger partial charge in [0.1, 0.15) is 6.33 Å². The van der Waals surface area contributed by atoms with Crippen LogP contribution in [-0.2, 0) is 17.1 Å². The van der Waals surface area contributed by atoms with E-state index in [4.69, 9.17) is 0 Å². The molecular formula is C21H17N5O4S. The van der Waals surface area contributed by atoms with E-state index < -0.39 is 10.0 Å². The number of hydrogen-bond donors (Lipinski definition) is 1. The molecule has 0 saturated carbocycles. The lowest BCUT2D eigenvalue weighted by Gasteiger charge is -2.13. The molecule has 156 valence electrons. The molecule has 1 N–H and O–H groups in total. The van der Waals surface area contributed by atoms with Gasteiger partial charge in [-0.15, -0.1) is 0 Å². The van der Waals surface area contributed by atoms with E-state index in [1.165, 1.54) is 26.5 Å². The van der Waals surface area contributed by atoms with E-state index in [-0.39, 0.29) is 16.5 Å². The summed E-state index contributed by atoms with van der Waals surface area (Å²) >= 11 is 0. The van der Waals surface area contributed by atoms with Crippen LogP contribution in [0.15, 0.2) is 70.6 Å². The standard InChI is InChI=1S/C21H17N5O4S/c1-24-12-22-26(21(24)28)14-8-6-13(7-9-14)23-31(29,30)18-11-10-17-19-15(18)4-3-5-16(19)20(27)25(17)2/h3-12,23H,1-2H3. The van der Waals surface area contributed by atoms with E-state index in [2.05, 4.69) is 9.82 Å². The number of anilines is 2. The van der Waals surface area contributed by atoms with E-state index in [0.29, 0.717) is 33.4 Å². The molecule has 0 saturated heterocycles. The van der Waals surface area contributed by atoms with Crippen molar-refractivity contribution in [3.8, 4) is 5.69 Å². The van der Waals surface area contributed by atoms with Gasteiger partial charge in [-0.2, -0.15) is 9.78 Å². The van der Waals surface area contributed by atoms with Gasteiger partial charge in [-0.1, -0.05) is 12.1 Å². The Hall–Kier alpha value is -3.92. The van der Waals surface area contributed by atoms with Gasteiger partial charge in [0.2, 0.25) is 0 Å². The maximum absolute atomic E-state index is 13.2. The first kappa shape index (κ1) is 19.1. The molecule has 0 spiro atoms. The van der Waals surface area contributed by atoms with Crippen molar-refractivity contribution >= 4 is 38.1 Å². The second kappa shape index (κ2) is 6.54. The van der Waals surface area contributed by atoms with E-state index in [1.807, 2.05) is 0 Å². The molecule has 0 aliphatic carbocycles. The number of nitrogens with zero attached hydrogens (tertiary/aromatic N) is 4. The average Bonchev–Trinajstić information content (AvgIpc) is 3.21. The summed E-state index contributed by atoms with van der Waals surface area (Å²) in [5.41, 5.74) is 1.71. The molecule has 4 aromatic rings. The zero-order valence-corrected chi connectivity index (χ0v) is 17.4. The zero-order chi connectivity index (χ0) is 21.9. The number of rotatable bonds is 4. The van der Waals surface area contributed by atoms with Gasteiger partial charge < -0.3 is 4.90 Å². The van der Waals surface area contributed by atoms with Gasteiger partial charge in [0.05, 0.1) is 16.3 Å². The van der Waals surface area contributed by atoms with E-state index in [9.17, 15) is 18.0 Å². The molecule has 1 aliphatic rings. The lowest BCUT2D eigenvalue weighted by atomic mass is 10.1. The van der Waals surface area contributed by atoms with Crippen molar-refractivity contribution in [1.82, 2.24) is 14.3 Å². The summed E-state index contributed by atoms with van der Waals surface area (Å²) in [5.74, 6) is -0.163. The van der Waals surface area contributed by atoms with Crippen LogP contribution in [0, 0.1) is 0 Å². The van der Waals surface area contributed by atoms with Crippen LogP contribution in [0.4, 0.5) is 11.4 Å². The van der Waals surface area contributed by atoms with Crippen LogP contribution >= 0.6 is 0 Å². The largest absolute Gasteiger partial charge is 0.350 e. The fraction of sp³-hybridized carbons (Fsp3) is 0.0952. The summed E-state index contributed by atoms with van der Waals surface area (Å²) in [5, 5.41) is 5.11. The average molecular weight is 435 g/mol. The number of aromatic nitrogens is 3. The summed E-state index contributed by atoms with van der Waals surface area (Å²) in [6.07, 6.45) is 1.40. The summed E-state index contributed by atoms with van der Waals surface area (Å²) in [7, 11) is -0.671. The van der Waals surface area contributed by atoms with Gasteiger partial charge in [0.25, 0.3) is 15.9 Å². The van der Waals surface area contributed by atoms with Crippen LogP contribution in [-0.4, -0.2) is 35.7 Å². The summed E-state index contributed by atoms with van der Waals surface area (Å²) in [6.45, 7) is 0. The normalized spacial score (nSPS) is 13.2. The molecule has 1 aliphatic heterocycles. The predicted molar refractivity (Wildman–Crippen MR) is 116 cm³/mol. The van der Waals surface area contributed by atoms with Crippen LogP contribution in [0.2, 0.25) is 0 Å². The third-order valence-corrected chi connectivity index (χ3v) is 6.79. The highest BCUT2D eigenvalue weighted by Gasteiger charge is 2.30. The van der Waals surface area contributed by atoms with Crippen LogP contribution < -0.4 is 15.3 Å². The van der Waals surface area contributed by atoms with Crippen molar-refractivity contribution in [2.45, 2.75) is 4.90 Å². The monoisotopic (exact) mass is 435 g/mol. The van der Waals surface area contributed by atoms with E-state index >= 15 is 0 Å². The lowest BCUT2D eigenvalue weighted by molar-refractivity contribution is 0.0999. The van der Waals surface area contributed by atoms with Crippen LogP contribution in [0.3, 0.4) is 0 Å². The fourth-order valence-corrected chi connectivity index (χ4v) is 5.04. The lowest BCUT2D eigenvalue weighted by Crippen LogP contribution is -2.21. The second-order valence-corrected chi connectivity index (χ2v) is 8.91. The minimum Gasteiger partial charge on any atom is -0.311 e. The van der Waals surface area contributed by atoms with E-state index in [1.54, 1.807) is 62.6 Å². The SMILES string of the molecule is CN1C(=O)c2cccc3c(S(=O)(=O)Nc4ccc(-n5ncn(C)c5=O)cc4)ccc1c23. The highest BCUT2D eigenvalue weighted by atomic mass is 32.2. The van der Waals surface area contributed by atoms with Crippen LogP contribution in [0.25, 0.3) is 16.5 Å². The first-order valence-electron chi connectivity index (χ1n) is 9.35. The second-order valence-electron chi connectivity index (χ2n) is 7.26. The molecule has 0 fully saturated rings. The molecule has 0 bridgehead atoms. The van der Waals surface area contributed by atoms with Gasteiger partial charge in [-0.05, 0) is 42.5 Å². The minimum absolute atomic E-state index is 0.0845. The van der Waals surface area contributed by atoms with Crippen LogP contribution in [0.5, 0.6) is 0 Å². The number of amides is 1. The van der Waals surface area contributed by atoms with Crippen molar-refractivity contribution in [2.24, 2.45) is 7.05 Å². The van der Waals surface area contributed by atoms with Gasteiger partial charge in [-0.3, -0.25) is 14.1 Å². The molecule has 1 aromatic heterocycles. The van der Waals surface area contributed by atoms with Gasteiger partial charge in [0.15, 0.2) is 0 Å². The van der Waals surface area contributed by atoms with Gasteiger partial charge in [-0.25, -0.2) is 13.2 Å². The van der Waals surface area contributed by atoms with Crippen LogP contribution in [0.1, 0.15) is 10.4 Å². The molecule has 3 aromatic carbocycles. The Morgan fingerprint density at radius 1 is 0.935 bits per heavy atom. The summed E-state index contributed by atoms with van der Waals surface area (Å²) < 4.78 is 31.4. The van der Waals surface area contributed by atoms with Gasteiger partial charge >= 0.3 is 5.69 Å². The number of nitrogens with one attached hydrogen (secondary N) is 1. The smallest absolute Gasteiger partial charge is 0.311 e. The molecule has 5 rings (SSSR count). The number of carbonyl (C=O) groups excluding carboxylic acids is 1. The van der Waals surface area contributed by atoms with Crippen molar-refractivity contribution in [2.75, 3.05) is 16.7 Å². The Labute approximate surface area is 177 Å². The number of hydrogen-bond acceptors (Lipinski definition) is 5. The van der Waals surface area contributed by atoms with Crippen molar-refractivity contribution in [1.29, 1.82) is 0 Å². The molecule has 0 radical (unpaired) electrons. The molecule has 0 atom stereocenters. The van der Waals surface area contributed by atoms with E-state index in [0.717, 1.165) is 0 Å². The Balaban J connectivity index is 1.53. The molecule has 0 unspecified atom stereocenters. The Morgan fingerprint density at radius 3 is 2.35 bits per heavy atom. The van der Waals surface area contributed by atoms with Gasteiger partial charge in [0, 0.05) is 36.1 Å². The maximum Gasteiger partial charge on any atom is 0.350 e. The summed E-state index contributed by atoms with van der Waals surface area (Å²) in [6, 6.07) is 14.5. The third kappa shape index (κ3) is 2.83. The third-order valence-electron chi connectivity index (χ3n) is 5.35. The topological polar surface area (TPSA) is 106 Å². The molecule has 2 heterocycles. The number of carbonyl (C=O) groups is 1. The number of aryl methyl sites for hydroxylation is 1. The molecule has 1 amide bonds. The maximum atomic E-state index is 13.2. The Morgan fingerprint density at radius 2 is 1.68 bits per heavy atom. The molecule has 31 heavy (non-hydrogen) atoms. The molecule has 10 heteroatoms. The van der Waals surface area contributed by atoms with Crippen molar-refractivity contribution in [3.05, 3.63) is 77.0 Å².